The van der Waals surface area contributed by atoms with Crippen molar-refractivity contribution >= 4 is 11.8 Å². The van der Waals surface area contributed by atoms with E-state index in [0.717, 1.165) is 6.42 Å². The number of rotatable bonds is 3. The second kappa shape index (κ2) is 5.84. The third kappa shape index (κ3) is 3.20. The molecule has 1 rings (SSSR count). The van der Waals surface area contributed by atoms with Gasteiger partial charge >= 0.3 is 0 Å². The predicted molar refractivity (Wildman–Crippen MR) is 61.7 cm³/mol. The van der Waals surface area contributed by atoms with E-state index in [9.17, 15) is 9.59 Å². The zero-order chi connectivity index (χ0) is 12.1. The van der Waals surface area contributed by atoms with Crippen molar-refractivity contribution in [1.82, 2.24) is 9.80 Å². The number of amides is 2. The smallest absolute Gasteiger partial charge is 0.225 e. The summed E-state index contributed by atoms with van der Waals surface area (Å²) in [5, 5.41) is 0. The first kappa shape index (κ1) is 13.0. The molecule has 0 spiro atoms. The standard InChI is InChI=1S/C11H21N3O2/c1-9(3-4-12)11(16)14-7-5-13(6-8-14)10(2)15/h9H,3-8,12H2,1-2H3. The average Bonchev–Trinajstić information content (AvgIpc) is 2.28. The summed E-state index contributed by atoms with van der Waals surface area (Å²) < 4.78 is 0. The van der Waals surface area contributed by atoms with Crippen molar-refractivity contribution in [3.05, 3.63) is 0 Å². The van der Waals surface area contributed by atoms with Gasteiger partial charge in [-0.1, -0.05) is 6.92 Å². The van der Waals surface area contributed by atoms with Crippen molar-refractivity contribution < 1.29 is 9.59 Å². The molecule has 1 unspecified atom stereocenters. The van der Waals surface area contributed by atoms with Gasteiger partial charge in [-0.3, -0.25) is 9.59 Å². The third-order valence-corrected chi connectivity index (χ3v) is 3.06. The minimum Gasteiger partial charge on any atom is -0.339 e. The van der Waals surface area contributed by atoms with Gasteiger partial charge < -0.3 is 15.5 Å². The van der Waals surface area contributed by atoms with Gasteiger partial charge in [0.2, 0.25) is 11.8 Å². The maximum atomic E-state index is 11.9. The first-order chi connectivity index (χ1) is 7.56. The fraction of sp³-hybridized carbons (Fsp3) is 0.818. The van der Waals surface area contributed by atoms with Gasteiger partial charge in [-0.2, -0.15) is 0 Å². The molecule has 16 heavy (non-hydrogen) atoms. The van der Waals surface area contributed by atoms with Crippen LogP contribution in [0.25, 0.3) is 0 Å². The van der Waals surface area contributed by atoms with Crippen LogP contribution in [0.3, 0.4) is 0 Å². The predicted octanol–water partition coefficient (Wildman–Crippen LogP) is -0.338. The molecule has 1 saturated heterocycles. The van der Waals surface area contributed by atoms with E-state index in [-0.39, 0.29) is 17.7 Å². The van der Waals surface area contributed by atoms with E-state index in [0.29, 0.717) is 32.7 Å². The molecule has 0 radical (unpaired) electrons. The summed E-state index contributed by atoms with van der Waals surface area (Å²) in [5.74, 6) is 0.240. The van der Waals surface area contributed by atoms with Gasteiger partial charge in [0.05, 0.1) is 0 Å². The molecule has 0 aromatic heterocycles. The lowest BCUT2D eigenvalue weighted by atomic mass is 10.1. The lowest BCUT2D eigenvalue weighted by molar-refractivity contribution is -0.141. The summed E-state index contributed by atoms with van der Waals surface area (Å²) >= 11 is 0. The topological polar surface area (TPSA) is 66.6 Å². The molecule has 1 heterocycles. The molecule has 5 heteroatoms. The number of hydrogen-bond acceptors (Lipinski definition) is 3. The lowest BCUT2D eigenvalue weighted by Crippen LogP contribution is -2.51. The van der Waals surface area contributed by atoms with Crippen LogP contribution >= 0.6 is 0 Å². The number of nitrogens with zero attached hydrogens (tertiary/aromatic N) is 2. The SMILES string of the molecule is CC(=O)N1CCN(C(=O)C(C)CCN)CC1. The number of piperazine rings is 1. The Kier molecular flexibility index (Phi) is 4.73. The van der Waals surface area contributed by atoms with E-state index in [1.807, 2.05) is 11.8 Å². The molecule has 1 aliphatic heterocycles. The first-order valence-corrected chi connectivity index (χ1v) is 5.80. The van der Waals surface area contributed by atoms with Gasteiger partial charge in [0.15, 0.2) is 0 Å². The van der Waals surface area contributed by atoms with Crippen LogP contribution < -0.4 is 5.73 Å². The van der Waals surface area contributed by atoms with E-state index < -0.39 is 0 Å². The Hall–Kier alpha value is -1.10. The molecule has 0 aliphatic carbocycles. The Bertz CT molecular complexity index is 260. The molecule has 2 amide bonds. The maximum Gasteiger partial charge on any atom is 0.225 e. The number of carbonyl (C=O) groups excluding carboxylic acids is 2. The Labute approximate surface area is 96.6 Å². The summed E-state index contributed by atoms with van der Waals surface area (Å²) in [6, 6.07) is 0. The van der Waals surface area contributed by atoms with Gasteiger partial charge in [-0.25, -0.2) is 0 Å². The van der Waals surface area contributed by atoms with E-state index in [2.05, 4.69) is 0 Å². The molecular formula is C11H21N3O2. The molecule has 0 bridgehead atoms. The Morgan fingerprint density at radius 2 is 1.69 bits per heavy atom. The number of nitrogens with two attached hydrogens (primary N) is 1. The average molecular weight is 227 g/mol. The summed E-state index contributed by atoms with van der Waals surface area (Å²) in [5.41, 5.74) is 5.43. The molecule has 1 atom stereocenters. The van der Waals surface area contributed by atoms with E-state index in [1.165, 1.54) is 0 Å². The van der Waals surface area contributed by atoms with Gasteiger partial charge in [-0.05, 0) is 13.0 Å². The zero-order valence-electron chi connectivity index (χ0n) is 10.1. The molecule has 2 N–H and O–H groups in total. The van der Waals surface area contributed by atoms with Crippen molar-refractivity contribution in [2.75, 3.05) is 32.7 Å². The number of carbonyl (C=O) groups is 2. The summed E-state index contributed by atoms with van der Waals surface area (Å²) in [6.07, 6.45) is 0.728. The van der Waals surface area contributed by atoms with E-state index in [1.54, 1.807) is 11.8 Å². The van der Waals surface area contributed by atoms with E-state index in [4.69, 9.17) is 5.73 Å². The molecular weight excluding hydrogens is 206 g/mol. The lowest BCUT2D eigenvalue weighted by Gasteiger charge is -2.35. The number of hydrogen-bond donors (Lipinski definition) is 1. The highest BCUT2D eigenvalue weighted by molar-refractivity contribution is 5.79. The Morgan fingerprint density at radius 3 is 2.12 bits per heavy atom. The monoisotopic (exact) mass is 227 g/mol. The van der Waals surface area contributed by atoms with Gasteiger partial charge in [0, 0.05) is 39.0 Å². The molecule has 1 fully saturated rings. The minimum absolute atomic E-state index is 0.00567. The van der Waals surface area contributed by atoms with Crippen molar-refractivity contribution in [2.45, 2.75) is 20.3 Å². The van der Waals surface area contributed by atoms with Crippen LogP contribution in [0.4, 0.5) is 0 Å². The first-order valence-electron chi connectivity index (χ1n) is 5.80. The Balaban J connectivity index is 2.41. The molecule has 92 valence electrons. The van der Waals surface area contributed by atoms with Crippen LogP contribution in [0.5, 0.6) is 0 Å². The zero-order valence-corrected chi connectivity index (χ0v) is 10.1. The van der Waals surface area contributed by atoms with Crippen LogP contribution in [-0.4, -0.2) is 54.3 Å². The van der Waals surface area contributed by atoms with Crippen LogP contribution in [0.1, 0.15) is 20.3 Å². The van der Waals surface area contributed by atoms with Crippen LogP contribution in [0.2, 0.25) is 0 Å². The van der Waals surface area contributed by atoms with Crippen LogP contribution in [0, 0.1) is 5.92 Å². The summed E-state index contributed by atoms with van der Waals surface area (Å²) in [7, 11) is 0. The van der Waals surface area contributed by atoms with Crippen molar-refractivity contribution in [3.8, 4) is 0 Å². The van der Waals surface area contributed by atoms with Crippen molar-refractivity contribution in [2.24, 2.45) is 11.7 Å². The van der Waals surface area contributed by atoms with E-state index >= 15 is 0 Å². The minimum atomic E-state index is -0.00567. The molecule has 0 aromatic carbocycles. The van der Waals surface area contributed by atoms with Crippen molar-refractivity contribution in [3.63, 3.8) is 0 Å². The van der Waals surface area contributed by atoms with Gasteiger partial charge in [-0.15, -0.1) is 0 Å². The molecule has 5 nitrogen and oxygen atoms in total. The third-order valence-electron chi connectivity index (χ3n) is 3.06. The highest BCUT2D eigenvalue weighted by Crippen LogP contribution is 2.09. The second-order valence-corrected chi connectivity index (χ2v) is 4.31. The maximum absolute atomic E-state index is 11.9. The highest BCUT2D eigenvalue weighted by atomic mass is 16.2. The Morgan fingerprint density at radius 1 is 1.19 bits per heavy atom. The quantitative estimate of drug-likeness (QED) is 0.717. The summed E-state index contributed by atoms with van der Waals surface area (Å²) in [4.78, 5) is 26.7. The van der Waals surface area contributed by atoms with Gasteiger partial charge in [0.1, 0.15) is 0 Å². The summed E-state index contributed by atoms with van der Waals surface area (Å²) in [6.45, 7) is 6.61. The second-order valence-electron chi connectivity index (χ2n) is 4.31. The normalized spacial score (nSPS) is 18.4. The molecule has 0 saturated carbocycles. The van der Waals surface area contributed by atoms with Crippen LogP contribution in [0.15, 0.2) is 0 Å². The molecule has 0 aromatic rings. The fourth-order valence-corrected chi connectivity index (χ4v) is 1.93. The van der Waals surface area contributed by atoms with Crippen molar-refractivity contribution in [1.29, 1.82) is 0 Å². The largest absolute Gasteiger partial charge is 0.339 e. The fourth-order valence-electron chi connectivity index (χ4n) is 1.93. The highest BCUT2D eigenvalue weighted by Gasteiger charge is 2.25. The van der Waals surface area contributed by atoms with Crippen LogP contribution in [-0.2, 0) is 9.59 Å². The molecule has 1 aliphatic rings. The van der Waals surface area contributed by atoms with Gasteiger partial charge in [0.25, 0.3) is 0 Å².